The molecule has 0 amide bonds. The van der Waals surface area contributed by atoms with Crippen molar-refractivity contribution in [2.75, 3.05) is 6.54 Å². The minimum atomic E-state index is -0.989. The highest BCUT2D eigenvalue weighted by molar-refractivity contribution is 7.85. The summed E-state index contributed by atoms with van der Waals surface area (Å²) >= 11 is 5.80. The van der Waals surface area contributed by atoms with Crippen molar-refractivity contribution < 1.29 is 4.21 Å². The van der Waals surface area contributed by atoms with E-state index in [1.54, 1.807) is 12.1 Å². The summed E-state index contributed by atoms with van der Waals surface area (Å²) in [4.78, 5) is 0.835. The Labute approximate surface area is 105 Å². The van der Waals surface area contributed by atoms with E-state index in [0.717, 1.165) is 11.4 Å². The maximum absolute atomic E-state index is 12.2. The van der Waals surface area contributed by atoms with Crippen molar-refractivity contribution in [3.05, 3.63) is 29.3 Å². The summed E-state index contributed by atoms with van der Waals surface area (Å²) in [6.45, 7) is 7.00. The van der Waals surface area contributed by atoms with Crippen LogP contribution in [-0.4, -0.2) is 22.0 Å². The molecule has 0 aromatic heterocycles. The zero-order valence-corrected chi connectivity index (χ0v) is 11.4. The van der Waals surface area contributed by atoms with Gasteiger partial charge in [-0.05, 0) is 44.7 Å². The molecule has 1 aromatic carbocycles. The predicted molar refractivity (Wildman–Crippen MR) is 70.5 cm³/mol. The van der Waals surface area contributed by atoms with Crippen LogP contribution in [0.1, 0.15) is 20.8 Å². The smallest absolute Gasteiger partial charge is 0.0573 e. The second-order valence-corrected chi connectivity index (χ2v) is 6.05. The molecule has 1 rings (SSSR count). The van der Waals surface area contributed by atoms with Crippen molar-refractivity contribution >= 4 is 22.4 Å². The highest BCUT2D eigenvalue weighted by atomic mass is 35.5. The Kier molecular flexibility index (Phi) is 5.46. The molecule has 0 saturated carbocycles. The SMILES string of the molecule is CCNC(C)C(C)S(=O)c1ccc(Cl)cc1. The van der Waals surface area contributed by atoms with E-state index in [2.05, 4.69) is 19.2 Å². The standard InChI is InChI=1S/C12H18ClNOS/c1-4-14-9(2)10(3)16(15)12-7-5-11(13)6-8-12/h5-10,14H,4H2,1-3H3. The molecule has 0 bridgehead atoms. The van der Waals surface area contributed by atoms with Gasteiger partial charge in [-0.25, -0.2) is 0 Å². The van der Waals surface area contributed by atoms with Gasteiger partial charge in [0.05, 0.1) is 16.0 Å². The van der Waals surface area contributed by atoms with E-state index in [1.807, 2.05) is 19.1 Å². The molecular weight excluding hydrogens is 242 g/mol. The Morgan fingerprint density at radius 3 is 2.38 bits per heavy atom. The molecular formula is C12H18ClNOS. The number of rotatable bonds is 5. The van der Waals surface area contributed by atoms with Crippen LogP contribution in [0.2, 0.25) is 5.02 Å². The molecule has 0 spiro atoms. The summed E-state index contributed by atoms with van der Waals surface area (Å²) in [5.41, 5.74) is 0. The predicted octanol–water partition coefficient (Wildman–Crippen LogP) is 2.83. The number of hydrogen-bond acceptors (Lipinski definition) is 2. The molecule has 0 saturated heterocycles. The Morgan fingerprint density at radius 1 is 1.31 bits per heavy atom. The van der Waals surface area contributed by atoms with Crippen molar-refractivity contribution in [1.82, 2.24) is 5.32 Å². The molecule has 0 heterocycles. The molecule has 1 N–H and O–H groups in total. The lowest BCUT2D eigenvalue weighted by Crippen LogP contribution is -2.37. The molecule has 0 aliphatic heterocycles. The Hall–Kier alpha value is -0.380. The number of halogens is 1. The molecule has 3 atom stereocenters. The second-order valence-electron chi connectivity index (χ2n) is 3.80. The zero-order valence-electron chi connectivity index (χ0n) is 9.87. The fraction of sp³-hybridized carbons (Fsp3) is 0.500. The van der Waals surface area contributed by atoms with E-state index in [9.17, 15) is 4.21 Å². The molecule has 4 heteroatoms. The van der Waals surface area contributed by atoms with Crippen LogP contribution in [0, 0.1) is 0 Å². The third kappa shape index (κ3) is 3.58. The highest BCUT2D eigenvalue weighted by Gasteiger charge is 2.19. The molecule has 0 aliphatic rings. The Bertz CT molecular complexity index is 353. The summed E-state index contributed by atoms with van der Waals surface area (Å²) in [5, 5.41) is 4.05. The third-order valence-corrected chi connectivity index (χ3v) is 4.69. The molecule has 1 aromatic rings. The van der Waals surface area contributed by atoms with Crippen LogP contribution < -0.4 is 5.32 Å². The van der Waals surface area contributed by atoms with E-state index < -0.39 is 10.8 Å². The van der Waals surface area contributed by atoms with E-state index in [0.29, 0.717) is 5.02 Å². The zero-order chi connectivity index (χ0) is 12.1. The first-order valence-electron chi connectivity index (χ1n) is 5.45. The van der Waals surface area contributed by atoms with Gasteiger partial charge in [0, 0.05) is 16.0 Å². The number of benzene rings is 1. The van der Waals surface area contributed by atoms with Gasteiger partial charge in [-0.1, -0.05) is 18.5 Å². The average Bonchev–Trinajstić information content (AvgIpc) is 2.28. The van der Waals surface area contributed by atoms with Crippen LogP contribution in [0.15, 0.2) is 29.2 Å². The minimum absolute atomic E-state index is 0.0844. The van der Waals surface area contributed by atoms with Gasteiger partial charge in [0.2, 0.25) is 0 Å². The minimum Gasteiger partial charge on any atom is -0.313 e. The molecule has 3 unspecified atom stereocenters. The van der Waals surface area contributed by atoms with Crippen LogP contribution >= 0.6 is 11.6 Å². The summed E-state index contributed by atoms with van der Waals surface area (Å²) in [7, 11) is -0.989. The first-order valence-corrected chi connectivity index (χ1v) is 7.05. The maximum Gasteiger partial charge on any atom is 0.0573 e. The van der Waals surface area contributed by atoms with Crippen LogP contribution in [0.4, 0.5) is 0 Å². The van der Waals surface area contributed by atoms with Gasteiger partial charge in [0.1, 0.15) is 0 Å². The monoisotopic (exact) mass is 259 g/mol. The van der Waals surface area contributed by atoms with E-state index in [4.69, 9.17) is 11.6 Å². The van der Waals surface area contributed by atoms with Crippen molar-refractivity contribution in [2.45, 2.75) is 37.0 Å². The molecule has 0 radical (unpaired) electrons. The molecule has 2 nitrogen and oxygen atoms in total. The fourth-order valence-corrected chi connectivity index (χ4v) is 2.88. The van der Waals surface area contributed by atoms with E-state index in [1.165, 1.54) is 0 Å². The van der Waals surface area contributed by atoms with Gasteiger partial charge in [-0.15, -0.1) is 0 Å². The van der Waals surface area contributed by atoms with Gasteiger partial charge in [0.15, 0.2) is 0 Å². The first-order chi connectivity index (χ1) is 7.56. The van der Waals surface area contributed by atoms with Crippen molar-refractivity contribution in [2.24, 2.45) is 0 Å². The lowest BCUT2D eigenvalue weighted by molar-refractivity contribution is 0.550. The molecule has 16 heavy (non-hydrogen) atoms. The van der Waals surface area contributed by atoms with E-state index in [-0.39, 0.29) is 11.3 Å². The van der Waals surface area contributed by atoms with Crippen LogP contribution in [0.5, 0.6) is 0 Å². The number of nitrogens with one attached hydrogen (secondary N) is 1. The van der Waals surface area contributed by atoms with Gasteiger partial charge in [-0.2, -0.15) is 0 Å². The largest absolute Gasteiger partial charge is 0.313 e. The summed E-state index contributed by atoms with van der Waals surface area (Å²) in [5.74, 6) is 0. The lowest BCUT2D eigenvalue weighted by Gasteiger charge is -2.20. The molecule has 0 aliphatic carbocycles. The van der Waals surface area contributed by atoms with Crippen molar-refractivity contribution in [1.29, 1.82) is 0 Å². The summed E-state index contributed by atoms with van der Waals surface area (Å²) < 4.78 is 12.2. The summed E-state index contributed by atoms with van der Waals surface area (Å²) in [6, 6.07) is 7.45. The topological polar surface area (TPSA) is 29.1 Å². The second kappa shape index (κ2) is 6.38. The fourth-order valence-electron chi connectivity index (χ4n) is 1.46. The van der Waals surface area contributed by atoms with Crippen molar-refractivity contribution in [3.63, 3.8) is 0 Å². The quantitative estimate of drug-likeness (QED) is 0.881. The number of hydrogen-bond donors (Lipinski definition) is 1. The Morgan fingerprint density at radius 2 is 1.88 bits per heavy atom. The summed E-state index contributed by atoms with van der Waals surface area (Å²) in [6.07, 6.45) is 0. The van der Waals surface area contributed by atoms with Crippen LogP contribution in [0.25, 0.3) is 0 Å². The Balaban J connectivity index is 2.73. The maximum atomic E-state index is 12.2. The van der Waals surface area contributed by atoms with Gasteiger partial charge < -0.3 is 5.32 Å². The third-order valence-electron chi connectivity index (χ3n) is 2.61. The normalized spacial score (nSPS) is 16.8. The van der Waals surface area contributed by atoms with Crippen LogP contribution in [0.3, 0.4) is 0 Å². The highest BCUT2D eigenvalue weighted by Crippen LogP contribution is 2.16. The lowest BCUT2D eigenvalue weighted by atomic mass is 10.2. The van der Waals surface area contributed by atoms with Gasteiger partial charge in [-0.3, -0.25) is 4.21 Å². The van der Waals surface area contributed by atoms with E-state index >= 15 is 0 Å². The van der Waals surface area contributed by atoms with Gasteiger partial charge in [0.25, 0.3) is 0 Å². The van der Waals surface area contributed by atoms with Crippen LogP contribution in [-0.2, 0) is 10.8 Å². The van der Waals surface area contributed by atoms with Crippen molar-refractivity contribution in [3.8, 4) is 0 Å². The molecule has 0 fully saturated rings. The average molecular weight is 260 g/mol. The van der Waals surface area contributed by atoms with Gasteiger partial charge >= 0.3 is 0 Å². The first kappa shape index (κ1) is 13.7. The molecule has 90 valence electrons.